The van der Waals surface area contributed by atoms with Crippen molar-refractivity contribution >= 4 is 5.97 Å². The van der Waals surface area contributed by atoms with E-state index < -0.39 is 0 Å². The molecule has 4 nitrogen and oxygen atoms in total. The third-order valence-corrected chi connectivity index (χ3v) is 4.83. The maximum absolute atomic E-state index is 11.9. The quantitative estimate of drug-likeness (QED) is 0.541. The van der Waals surface area contributed by atoms with E-state index in [-0.39, 0.29) is 12.6 Å². The zero-order valence-corrected chi connectivity index (χ0v) is 14.1. The van der Waals surface area contributed by atoms with Gasteiger partial charge in [-0.15, -0.1) is 6.58 Å². The Morgan fingerprint density at radius 3 is 2.83 bits per heavy atom. The molecule has 3 atom stereocenters. The van der Waals surface area contributed by atoms with E-state index in [2.05, 4.69) is 18.7 Å². The van der Waals surface area contributed by atoms with Crippen LogP contribution in [0.5, 0.6) is 11.5 Å². The van der Waals surface area contributed by atoms with Crippen molar-refractivity contribution in [1.82, 2.24) is 0 Å². The molecule has 2 bridgehead atoms. The molecule has 2 aliphatic rings. The van der Waals surface area contributed by atoms with Crippen LogP contribution in [0.15, 0.2) is 43.0 Å². The Morgan fingerprint density at radius 2 is 2.17 bits per heavy atom. The molecule has 1 aromatic rings. The van der Waals surface area contributed by atoms with Crippen LogP contribution in [0, 0.1) is 17.8 Å². The smallest absolute Gasteiger partial charge is 0.344 e. The summed E-state index contributed by atoms with van der Waals surface area (Å²) in [6.07, 6.45) is 9.49. The molecule has 4 heteroatoms. The predicted octanol–water partition coefficient (Wildman–Crippen LogP) is 3.56. The maximum atomic E-state index is 11.9. The van der Waals surface area contributed by atoms with E-state index in [0.29, 0.717) is 35.9 Å². The number of hydrogen-bond acceptors (Lipinski definition) is 4. The minimum atomic E-state index is -0.334. The number of ether oxygens (including phenoxy) is 3. The monoisotopic (exact) mass is 328 g/mol. The molecule has 0 amide bonds. The topological polar surface area (TPSA) is 44.8 Å². The first-order valence-corrected chi connectivity index (χ1v) is 8.44. The number of benzene rings is 1. The molecule has 0 aliphatic heterocycles. The SMILES string of the molecule is C=CCc1ccc(OCC(=O)OCC2CC3C=CC2C3)c(OC)c1. The van der Waals surface area contributed by atoms with Gasteiger partial charge in [0.2, 0.25) is 0 Å². The molecule has 3 rings (SSSR count). The van der Waals surface area contributed by atoms with Crippen LogP contribution in [0.2, 0.25) is 0 Å². The summed E-state index contributed by atoms with van der Waals surface area (Å²) in [7, 11) is 1.58. The number of carbonyl (C=O) groups is 1. The zero-order valence-electron chi connectivity index (χ0n) is 14.1. The van der Waals surface area contributed by atoms with Crippen molar-refractivity contribution in [2.24, 2.45) is 17.8 Å². The van der Waals surface area contributed by atoms with Crippen LogP contribution < -0.4 is 9.47 Å². The van der Waals surface area contributed by atoms with Gasteiger partial charge in [0.15, 0.2) is 18.1 Å². The van der Waals surface area contributed by atoms with Crippen LogP contribution in [0.3, 0.4) is 0 Å². The maximum Gasteiger partial charge on any atom is 0.344 e. The summed E-state index contributed by atoms with van der Waals surface area (Å²) in [5.41, 5.74) is 1.08. The number of esters is 1. The largest absolute Gasteiger partial charge is 0.493 e. The lowest BCUT2D eigenvalue weighted by atomic mass is 9.95. The highest BCUT2D eigenvalue weighted by Gasteiger charge is 2.36. The fourth-order valence-corrected chi connectivity index (χ4v) is 3.59. The first-order chi connectivity index (χ1) is 11.7. The van der Waals surface area contributed by atoms with Crippen molar-refractivity contribution in [1.29, 1.82) is 0 Å². The molecule has 128 valence electrons. The van der Waals surface area contributed by atoms with E-state index in [1.165, 1.54) is 6.42 Å². The van der Waals surface area contributed by atoms with E-state index >= 15 is 0 Å². The first-order valence-electron chi connectivity index (χ1n) is 8.44. The number of rotatable bonds is 8. The molecule has 2 aliphatic carbocycles. The van der Waals surface area contributed by atoms with Crippen LogP contribution in [0.4, 0.5) is 0 Å². The lowest BCUT2D eigenvalue weighted by Crippen LogP contribution is -2.21. The molecule has 1 saturated carbocycles. The van der Waals surface area contributed by atoms with Gasteiger partial charge in [-0.1, -0.05) is 24.3 Å². The summed E-state index contributed by atoms with van der Waals surface area (Å²) in [6, 6.07) is 5.64. The lowest BCUT2D eigenvalue weighted by Gasteiger charge is -2.18. The minimum absolute atomic E-state index is 0.103. The molecule has 0 radical (unpaired) electrons. The highest BCUT2D eigenvalue weighted by atomic mass is 16.6. The van der Waals surface area contributed by atoms with Gasteiger partial charge >= 0.3 is 5.97 Å². The number of hydrogen-bond donors (Lipinski definition) is 0. The molecular formula is C20H24O4. The van der Waals surface area contributed by atoms with Crippen LogP contribution in [0.1, 0.15) is 18.4 Å². The molecule has 0 aromatic heterocycles. The Hall–Kier alpha value is -2.23. The van der Waals surface area contributed by atoms with Gasteiger partial charge in [0.25, 0.3) is 0 Å². The van der Waals surface area contributed by atoms with Crippen molar-refractivity contribution in [3.05, 3.63) is 48.6 Å². The fourth-order valence-electron chi connectivity index (χ4n) is 3.59. The summed E-state index contributed by atoms with van der Waals surface area (Å²) in [4.78, 5) is 11.9. The summed E-state index contributed by atoms with van der Waals surface area (Å²) in [5, 5.41) is 0. The minimum Gasteiger partial charge on any atom is -0.493 e. The van der Waals surface area contributed by atoms with E-state index in [9.17, 15) is 4.79 Å². The van der Waals surface area contributed by atoms with Gasteiger partial charge in [-0.25, -0.2) is 4.79 Å². The van der Waals surface area contributed by atoms with E-state index in [1.807, 2.05) is 24.3 Å². The number of methoxy groups -OCH3 is 1. The van der Waals surface area contributed by atoms with Gasteiger partial charge in [0, 0.05) is 0 Å². The number of fused-ring (bicyclic) bond motifs is 2. The second kappa shape index (κ2) is 7.56. The average Bonchev–Trinajstić information content (AvgIpc) is 3.22. The molecule has 1 aromatic carbocycles. The van der Waals surface area contributed by atoms with E-state index in [0.717, 1.165) is 18.4 Å². The standard InChI is InChI=1S/C20H24O4/c1-3-4-14-6-8-18(19(11-14)22-2)23-13-20(21)24-12-17-10-15-5-7-16(17)9-15/h3,5-8,11,15-17H,1,4,9-10,12-13H2,2H3. The Kier molecular flexibility index (Phi) is 5.24. The fraction of sp³-hybridized carbons (Fsp3) is 0.450. The van der Waals surface area contributed by atoms with Crippen molar-refractivity contribution < 1.29 is 19.0 Å². The molecule has 1 fully saturated rings. The van der Waals surface area contributed by atoms with E-state index in [4.69, 9.17) is 14.2 Å². The van der Waals surface area contributed by atoms with E-state index in [1.54, 1.807) is 7.11 Å². The van der Waals surface area contributed by atoms with Crippen molar-refractivity contribution in [3.8, 4) is 11.5 Å². The Balaban J connectivity index is 1.47. The van der Waals surface area contributed by atoms with Crippen molar-refractivity contribution in [2.75, 3.05) is 20.3 Å². The van der Waals surface area contributed by atoms with Crippen LogP contribution >= 0.6 is 0 Å². The normalized spacial score (nSPS) is 24.0. The number of carbonyl (C=O) groups excluding carboxylic acids is 1. The third-order valence-electron chi connectivity index (χ3n) is 4.83. The van der Waals surface area contributed by atoms with Gasteiger partial charge in [-0.2, -0.15) is 0 Å². The molecule has 0 heterocycles. The van der Waals surface area contributed by atoms with Crippen LogP contribution in [-0.4, -0.2) is 26.3 Å². The molecule has 0 saturated heterocycles. The van der Waals surface area contributed by atoms with Gasteiger partial charge < -0.3 is 14.2 Å². The first kappa shape index (κ1) is 16.6. The molecule has 0 spiro atoms. The summed E-state index contributed by atoms with van der Waals surface area (Å²) >= 11 is 0. The van der Waals surface area contributed by atoms with Gasteiger partial charge in [-0.3, -0.25) is 0 Å². The highest BCUT2D eigenvalue weighted by Crippen LogP contribution is 2.43. The summed E-state index contributed by atoms with van der Waals surface area (Å²) < 4.78 is 16.3. The summed E-state index contributed by atoms with van der Waals surface area (Å²) in [5.74, 6) is 2.57. The Bertz CT molecular complexity index is 635. The second-order valence-corrected chi connectivity index (χ2v) is 6.49. The molecule has 0 N–H and O–H groups in total. The Morgan fingerprint density at radius 1 is 1.29 bits per heavy atom. The third kappa shape index (κ3) is 3.81. The van der Waals surface area contributed by atoms with Crippen molar-refractivity contribution in [3.63, 3.8) is 0 Å². The van der Waals surface area contributed by atoms with Gasteiger partial charge in [0.05, 0.1) is 13.7 Å². The predicted molar refractivity (Wildman–Crippen MR) is 92.2 cm³/mol. The lowest BCUT2D eigenvalue weighted by molar-refractivity contribution is -0.147. The average molecular weight is 328 g/mol. The highest BCUT2D eigenvalue weighted by molar-refractivity contribution is 5.71. The Labute approximate surface area is 143 Å². The van der Waals surface area contributed by atoms with Crippen molar-refractivity contribution in [2.45, 2.75) is 19.3 Å². The molecular weight excluding hydrogens is 304 g/mol. The second-order valence-electron chi connectivity index (χ2n) is 6.49. The van der Waals surface area contributed by atoms with Gasteiger partial charge in [-0.05, 0) is 54.7 Å². The molecule has 24 heavy (non-hydrogen) atoms. The summed E-state index contributed by atoms with van der Waals surface area (Å²) in [6.45, 7) is 4.11. The van der Waals surface area contributed by atoms with Gasteiger partial charge in [0.1, 0.15) is 0 Å². The van der Waals surface area contributed by atoms with Crippen LogP contribution in [0.25, 0.3) is 0 Å². The zero-order chi connectivity index (χ0) is 16.9. The number of allylic oxidation sites excluding steroid dienone is 3. The van der Waals surface area contributed by atoms with Crippen LogP contribution in [-0.2, 0) is 16.0 Å². The molecule has 3 unspecified atom stereocenters.